The zero-order chi connectivity index (χ0) is 17.6. The van der Waals surface area contributed by atoms with E-state index in [1.807, 2.05) is 0 Å². The molecule has 0 fully saturated rings. The third-order valence-corrected chi connectivity index (χ3v) is 4.04. The van der Waals surface area contributed by atoms with Gasteiger partial charge in [0.1, 0.15) is 17.2 Å². The van der Waals surface area contributed by atoms with E-state index in [9.17, 15) is 18.7 Å². The number of aromatic hydroxyl groups is 1. The van der Waals surface area contributed by atoms with Gasteiger partial charge in [-0.05, 0) is 48.0 Å². The predicted octanol–water partition coefficient (Wildman–Crippen LogP) is 3.97. The molecular formula is C19H12F2N2O2. The van der Waals surface area contributed by atoms with Crippen molar-refractivity contribution in [1.29, 1.82) is 0 Å². The van der Waals surface area contributed by atoms with Gasteiger partial charge in [0, 0.05) is 11.9 Å². The molecule has 6 heteroatoms. The number of hydrogen-bond acceptors (Lipinski definition) is 2. The Morgan fingerprint density at radius 3 is 2.44 bits per heavy atom. The number of H-pyrrole nitrogens is 1. The van der Waals surface area contributed by atoms with Crippen molar-refractivity contribution >= 4 is 11.0 Å². The lowest BCUT2D eigenvalue weighted by Crippen LogP contribution is -2.10. The van der Waals surface area contributed by atoms with Gasteiger partial charge in [-0.3, -0.25) is 4.79 Å². The van der Waals surface area contributed by atoms with Gasteiger partial charge in [-0.2, -0.15) is 0 Å². The van der Waals surface area contributed by atoms with Gasteiger partial charge in [-0.15, -0.1) is 0 Å². The molecule has 2 heterocycles. The Balaban J connectivity index is 2.02. The van der Waals surface area contributed by atoms with Crippen LogP contribution in [0.2, 0.25) is 0 Å². The summed E-state index contributed by atoms with van der Waals surface area (Å²) in [5.74, 6) is -1.15. The fourth-order valence-corrected chi connectivity index (χ4v) is 2.91. The Morgan fingerprint density at radius 2 is 1.72 bits per heavy atom. The van der Waals surface area contributed by atoms with E-state index in [2.05, 4.69) is 4.98 Å². The summed E-state index contributed by atoms with van der Waals surface area (Å²) in [6.45, 7) is 0. The highest BCUT2D eigenvalue weighted by Crippen LogP contribution is 2.34. The van der Waals surface area contributed by atoms with Crippen LogP contribution in [0.3, 0.4) is 0 Å². The third kappa shape index (κ3) is 2.48. The first kappa shape index (κ1) is 15.1. The van der Waals surface area contributed by atoms with Crippen molar-refractivity contribution in [1.82, 2.24) is 9.55 Å². The molecule has 0 saturated carbocycles. The highest BCUT2D eigenvalue weighted by molar-refractivity contribution is 5.90. The van der Waals surface area contributed by atoms with Gasteiger partial charge < -0.3 is 14.7 Å². The number of aromatic nitrogens is 2. The number of pyridine rings is 1. The van der Waals surface area contributed by atoms with Gasteiger partial charge >= 0.3 is 0 Å². The summed E-state index contributed by atoms with van der Waals surface area (Å²) in [5.41, 5.74) is 1.12. The Labute approximate surface area is 140 Å². The summed E-state index contributed by atoms with van der Waals surface area (Å²) in [6.07, 6.45) is 1.66. The molecule has 4 nitrogen and oxygen atoms in total. The van der Waals surface area contributed by atoms with Crippen LogP contribution in [0.25, 0.3) is 27.8 Å². The average molecular weight is 338 g/mol. The van der Waals surface area contributed by atoms with Crippen LogP contribution in [0.15, 0.2) is 65.6 Å². The van der Waals surface area contributed by atoms with E-state index < -0.39 is 11.4 Å². The molecule has 0 amide bonds. The number of nitrogens with one attached hydrogen (secondary N) is 1. The molecule has 2 aromatic heterocycles. The van der Waals surface area contributed by atoms with Gasteiger partial charge in [-0.1, -0.05) is 12.1 Å². The molecule has 0 aliphatic heterocycles. The first-order valence-corrected chi connectivity index (χ1v) is 7.53. The van der Waals surface area contributed by atoms with E-state index in [4.69, 9.17) is 0 Å². The summed E-state index contributed by atoms with van der Waals surface area (Å²) in [7, 11) is 0. The fourth-order valence-electron chi connectivity index (χ4n) is 2.91. The van der Waals surface area contributed by atoms with Crippen LogP contribution >= 0.6 is 0 Å². The zero-order valence-corrected chi connectivity index (χ0v) is 12.8. The Bertz CT molecular complexity index is 1140. The van der Waals surface area contributed by atoms with Crippen LogP contribution < -0.4 is 5.56 Å². The van der Waals surface area contributed by atoms with Crippen LogP contribution in [0.1, 0.15) is 0 Å². The lowest BCUT2D eigenvalue weighted by atomic mass is 10.1. The van der Waals surface area contributed by atoms with E-state index in [0.29, 0.717) is 16.7 Å². The lowest BCUT2D eigenvalue weighted by Gasteiger charge is -2.10. The fraction of sp³-hybridized carbons (Fsp3) is 0. The minimum Gasteiger partial charge on any atom is -0.505 e. The molecule has 0 saturated heterocycles. The highest BCUT2D eigenvalue weighted by Gasteiger charge is 2.18. The molecule has 25 heavy (non-hydrogen) atoms. The smallest absolute Gasteiger partial charge is 0.260 e. The summed E-state index contributed by atoms with van der Waals surface area (Å²) in [4.78, 5) is 15.0. The number of fused-ring (bicyclic) bond motifs is 1. The van der Waals surface area contributed by atoms with Crippen molar-refractivity contribution in [3.63, 3.8) is 0 Å². The van der Waals surface area contributed by atoms with E-state index in [1.54, 1.807) is 35.0 Å². The average Bonchev–Trinajstić information content (AvgIpc) is 2.99. The van der Waals surface area contributed by atoms with Gasteiger partial charge in [-0.25, -0.2) is 8.78 Å². The van der Waals surface area contributed by atoms with Crippen molar-refractivity contribution < 1.29 is 13.9 Å². The molecule has 2 N–H and O–H groups in total. The molecule has 4 aromatic rings. The van der Waals surface area contributed by atoms with Crippen LogP contribution in [-0.4, -0.2) is 14.7 Å². The topological polar surface area (TPSA) is 58.0 Å². The Morgan fingerprint density at radius 1 is 0.960 bits per heavy atom. The number of nitrogens with zero attached hydrogens (tertiary/aromatic N) is 1. The quantitative estimate of drug-likeness (QED) is 0.581. The minimum absolute atomic E-state index is 0.0194. The molecular weight excluding hydrogens is 326 g/mol. The second-order valence-corrected chi connectivity index (χ2v) is 5.61. The van der Waals surface area contributed by atoms with Crippen LogP contribution in [-0.2, 0) is 0 Å². The molecule has 0 aliphatic rings. The van der Waals surface area contributed by atoms with Crippen LogP contribution in [0.4, 0.5) is 8.78 Å². The van der Waals surface area contributed by atoms with Crippen molar-refractivity contribution in [2.75, 3.05) is 0 Å². The van der Waals surface area contributed by atoms with E-state index in [-0.39, 0.29) is 22.7 Å². The predicted molar refractivity (Wildman–Crippen MR) is 90.9 cm³/mol. The van der Waals surface area contributed by atoms with E-state index >= 15 is 0 Å². The normalized spacial score (nSPS) is 11.1. The molecule has 0 bridgehead atoms. The molecule has 0 atom stereocenters. The number of benzene rings is 2. The van der Waals surface area contributed by atoms with Gasteiger partial charge in [0.2, 0.25) is 0 Å². The van der Waals surface area contributed by atoms with Gasteiger partial charge in [0.25, 0.3) is 5.56 Å². The Kier molecular flexibility index (Phi) is 3.39. The highest BCUT2D eigenvalue weighted by atomic mass is 19.1. The van der Waals surface area contributed by atoms with Crippen molar-refractivity contribution in [3.8, 4) is 22.6 Å². The van der Waals surface area contributed by atoms with Crippen LogP contribution in [0.5, 0.6) is 5.75 Å². The first-order chi connectivity index (χ1) is 12.0. The summed E-state index contributed by atoms with van der Waals surface area (Å²) in [5, 5.41) is 10.7. The summed E-state index contributed by atoms with van der Waals surface area (Å²) in [6, 6.07) is 12.8. The van der Waals surface area contributed by atoms with Gasteiger partial charge in [0.15, 0.2) is 5.75 Å². The monoisotopic (exact) mass is 338 g/mol. The minimum atomic E-state index is -0.521. The molecule has 0 unspecified atom stereocenters. The number of rotatable bonds is 2. The number of hydrogen-bond donors (Lipinski definition) is 2. The Hall–Kier alpha value is -3.41. The second kappa shape index (κ2) is 5.59. The van der Waals surface area contributed by atoms with Gasteiger partial charge in [0.05, 0.1) is 11.1 Å². The maximum absolute atomic E-state index is 13.5. The first-order valence-electron chi connectivity index (χ1n) is 7.53. The molecule has 4 rings (SSSR count). The summed E-state index contributed by atoms with van der Waals surface area (Å²) < 4.78 is 28.3. The number of aromatic amines is 1. The van der Waals surface area contributed by atoms with Crippen LogP contribution in [0, 0.1) is 11.6 Å². The molecule has 0 spiro atoms. The molecule has 0 aliphatic carbocycles. The zero-order valence-electron chi connectivity index (χ0n) is 12.8. The maximum Gasteiger partial charge on any atom is 0.260 e. The third-order valence-electron chi connectivity index (χ3n) is 4.04. The number of halogens is 2. The molecule has 2 aromatic carbocycles. The largest absolute Gasteiger partial charge is 0.505 e. The lowest BCUT2D eigenvalue weighted by molar-refractivity contribution is 0.480. The van der Waals surface area contributed by atoms with E-state index in [0.717, 1.165) is 0 Å². The molecule has 124 valence electrons. The SMILES string of the molecule is O=c1[nH]c2ccn(-c3ccc(F)cc3)c2c(O)c1-c1cccc(F)c1. The maximum atomic E-state index is 13.5. The molecule has 0 radical (unpaired) electrons. The van der Waals surface area contributed by atoms with Crippen molar-refractivity contribution in [3.05, 3.63) is 82.8 Å². The standard InChI is InChI=1S/C19H12F2N2O2/c20-12-4-6-14(7-5-12)23-9-8-15-17(23)18(24)16(19(25)22-15)11-2-1-3-13(21)10-11/h1-10H,(H2,22,24,25). The summed E-state index contributed by atoms with van der Waals surface area (Å²) >= 11 is 0. The van der Waals surface area contributed by atoms with Crippen molar-refractivity contribution in [2.24, 2.45) is 0 Å². The van der Waals surface area contributed by atoms with E-state index in [1.165, 1.54) is 30.3 Å². The second-order valence-electron chi connectivity index (χ2n) is 5.61. The van der Waals surface area contributed by atoms with Crippen molar-refractivity contribution in [2.45, 2.75) is 0 Å².